The molecule has 0 unspecified atom stereocenters. The Hall–Kier alpha value is -2.48. The highest BCUT2D eigenvalue weighted by Gasteiger charge is 2.36. The number of ether oxygens (including phenoxy) is 1. The topological polar surface area (TPSA) is 84.6 Å². The Labute approximate surface area is 139 Å². The van der Waals surface area contributed by atoms with Crippen LogP contribution in [0.15, 0.2) is 28.9 Å². The third kappa shape index (κ3) is 2.84. The van der Waals surface area contributed by atoms with E-state index >= 15 is 0 Å². The first-order chi connectivity index (χ1) is 11.8. The summed E-state index contributed by atoms with van der Waals surface area (Å²) in [5, 5.41) is 4.02. The molecule has 24 heavy (non-hydrogen) atoms. The molecule has 2 aromatic rings. The number of morpholine rings is 1. The van der Waals surface area contributed by atoms with Gasteiger partial charge in [0.2, 0.25) is 11.7 Å². The molecule has 2 saturated heterocycles. The van der Waals surface area contributed by atoms with Gasteiger partial charge in [-0.15, -0.1) is 0 Å². The first kappa shape index (κ1) is 15.1. The zero-order valence-electron chi connectivity index (χ0n) is 13.3. The lowest BCUT2D eigenvalue weighted by molar-refractivity contribution is 0.0410. The molecule has 8 heteroatoms. The summed E-state index contributed by atoms with van der Waals surface area (Å²) in [6.45, 7) is 3.15. The molecule has 2 amide bonds. The van der Waals surface area contributed by atoms with Crippen molar-refractivity contribution >= 4 is 6.03 Å². The van der Waals surface area contributed by atoms with Crippen LogP contribution in [-0.2, 0) is 4.74 Å². The van der Waals surface area contributed by atoms with Crippen LogP contribution in [0.1, 0.15) is 24.8 Å². The van der Waals surface area contributed by atoms with Gasteiger partial charge in [0.05, 0.1) is 13.2 Å². The van der Waals surface area contributed by atoms with Gasteiger partial charge in [-0.05, 0) is 25.0 Å². The van der Waals surface area contributed by atoms with Gasteiger partial charge in [-0.1, -0.05) is 11.2 Å². The van der Waals surface area contributed by atoms with Crippen molar-refractivity contribution in [2.24, 2.45) is 0 Å². The summed E-state index contributed by atoms with van der Waals surface area (Å²) in [6.07, 6.45) is 3.46. The number of carbonyl (C=O) groups is 1. The van der Waals surface area contributed by atoms with E-state index in [0.29, 0.717) is 50.3 Å². The zero-order valence-corrected chi connectivity index (χ0v) is 13.3. The minimum atomic E-state index is -0.162. The van der Waals surface area contributed by atoms with Crippen LogP contribution in [0.2, 0.25) is 0 Å². The Bertz CT molecular complexity index is 699. The quantitative estimate of drug-likeness (QED) is 0.834. The lowest BCUT2D eigenvalue weighted by Gasteiger charge is -2.32. The maximum Gasteiger partial charge on any atom is 0.320 e. The molecular weight excluding hydrogens is 310 g/mol. The van der Waals surface area contributed by atoms with Crippen molar-refractivity contribution in [3.05, 3.63) is 30.3 Å². The molecule has 0 spiro atoms. The van der Waals surface area contributed by atoms with Crippen molar-refractivity contribution in [2.45, 2.75) is 18.9 Å². The van der Waals surface area contributed by atoms with E-state index in [9.17, 15) is 4.79 Å². The van der Waals surface area contributed by atoms with E-state index in [2.05, 4.69) is 15.1 Å². The molecule has 0 aliphatic carbocycles. The molecular formula is C16H19N5O3. The predicted molar refractivity (Wildman–Crippen MR) is 84.0 cm³/mol. The second kappa shape index (κ2) is 6.56. The molecule has 0 N–H and O–H groups in total. The lowest BCUT2D eigenvalue weighted by Crippen LogP contribution is -2.47. The number of pyridine rings is 1. The van der Waals surface area contributed by atoms with Gasteiger partial charge in [-0.2, -0.15) is 4.98 Å². The Morgan fingerprint density at radius 3 is 2.88 bits per heavy atom. The molecule has 126 valence electrons. The van der Waals surface area contributed by atoms with E-state index in [1.807, 2.05) is 28.0 Å². The molecule has 4 rings (SSSR count). The maximum atomic E-state index is 12.8. The van der Waals surface area contributed by atoms with Crippen LogP contribution in [0.25, 0.3) is 11.5 Å². The van der Waals surface area contributed by atoms with Crippen LogP contribution < -0.4 is 0 Å². The average Bonchev–Trinajstić information content (AvgIpc) is 3.32. The van der Waals surface area contributed by atoms with E-state index in [0.717, 1.165) is 12.8 Å². The van der Waals surface area contributed by atoms with Crippen molar-refractivity contribution in [3.63, 3.8) is 0 Å². The van der Waals surface area contributed by atoms with Crippen molar-refractivity contribution in [2.75, 3.05) is 32.8 Å². The second-order valence-electron chi connectivity index (χ2n) is 5.90. The molecule has 2 fully saturated rings. The molecule has 8 nitrogen and oxygen atoms in total. The number of hydrogen-bond acceptors (Lipinski definition) is 6. The summed E-state index contributed by atoms with van der Waals surface area (Å²) >= 11 is 0. The van der Waals surface area contributed by atoms with E-state index in [-0.39, 0.29) is 12.1 Å². The molecule has 0 radical (unpaired) electrons. The highest BCUT2D eigenvalue weighted by Crippen LogP contribution is 2.32. The van der Waals surface area contributed by atoms with Crippen molar-refractivity contribution < 1.29 is 14.1 Å². The predicted octanol–water partition coefficient (Wildman–Crippen LogP) is 1.72. The monoisotopic (exact) mass is 329 g/mol. The van der Waals surface area contributed by atoms with Crippen LogP contribution in [0, 0.1) is 0 Å². The van der Waals surface area contributed by atoms with E-state index in [4.69, 9.17) is 9.26 Å². The molecule has 0 saturated carbocycles. The smallest absolute Gasteiger partial charge is 0.320 e. The zero-order chi connectivity index (χ0) is 16.4. The Balaban J connectivity index is 1.52. The minimum Gasteiger partial charge on any atom is -0.378 e. The van der Waals surface area contributed by atoms with E-state index in [1.165, 1.54) is 0 Å². The third-order valence-electron chi connectivity index (χ3n) is 4.40. The highest BCUT2D eigenvalue weighted by molar-refractivity contribution is 5.75. The summed E-state index contributed by atoms with van der Waals surface area (Å²) in [5.74, 6) is 0.936. The fourth-order valence-corrected chi connectivity index (χ4v) is 3.16. The largest absolute Gasteiger partial charge is 0.378 e. The third-order valence-corrected chi connectivity index (χ3v) is 4.40. The van der Waals surface area contributed by atoms with Crippen LogP contribution in [0.4, 0.5) is 4.79 Å². The van der Waals surface area contributed by atoms with Crippen molar-refractivity contribution in [1.82, 2.24) is 24.9 Å². The van der Waals surface area contributed by atoms with Crippen LogP contribution in [0.3, 0.4) is 0 Å². The van der Waals surface area contributed by atoms with Crippen molar-refractivity contribution in [1.29, 1.82) is 0 Å². The van der Waals surface area contributed by atoms with Gasteiger partial charge in [0.15, 0.2) is 0 Å². The molecule has 0 bridgehead atoms. The van der Waals surface area contributed by atoms with E-state index < -0.39 is 0 Å². The van der Waals surface area contributed by atoms with Crippen LogP contribution >= 0.6 is 0 Å². The van der Waals surface area contributed by atoms with Gasteiger partial charge in [0.25, 0.3) is 0 Å². The lowest BCUT2D eigenvalue weighted by atomic mass is 10.2. The number of hydrogen-bond donors (Lipinski definition) is 0. The highest BCUT2D eigenvalue weighted by atomic mass is 16.5. The number of nitrogens with zero attached hydrogens (tertiary/aromatic N) is 5. The van der Waals surface area contributed by atoms with Gasteiger partial charge in [0, 0.05) is 25.8 Å². The van der Waals surface area contributed by atoms with Gasteiger partial charge >= 0.3 is 6.03 Å². The fraction of sp³-hybridized carbons (Fsp3) is 0.500. The fourth-order valence-electron chi connectivity index (χ4n) is 3.16. The first-order valence-electron chi connectivity index (χ1n) is 8.21. The number of urea groups is 1. The first-order valence-corrected chi connectivity index (χ1v) is 8.21. The van der Waals surface area contributed by atoms with Gasteiger partial charge in [0.1, 0.15) is 11.7 Å². The number of rotatable bonds is 2. The van der Waals surface area contributed by atoms with Gasteiger partial charge in [-0.25, -0.2) is 4.79 Å². The second-order valence-corrected chi connectivity index (χ2v) is 5.90. The Morgan fingerprint density at radius 1 is 1.21 bits per heavy atom. The molecule has 2 aliphatic heterocycles. The number of likely N-dealkylation sites (tertiary alicyclic amines) is 1. The van der Waals surface area contributed by atoms with Gasteiger partial charge < -0.3 is 19.1 Å². The SMILES string of the molecule is O=C(N1CCOCC1)N1CCC[C@@H]1c1nc(-c2ccccn2)no1. The van der Waals surface area contributed by atoms with Crippen LogP contribution in [0.5, 0.6) is 0 Å². The summed E-state index contributed by atoms with van der Waals surface area (Å²) in [6, 6.07) is 5.41. The summed E-state index contributed by atoms with van der Waals surface area (Å²) < 4.78 is 10.7. The number of aromatic nitrogens is 3. The Morgan fingerprint density at radius 2 is 2.08 bits per heavy atom. The molecule has 0 aromatic carbocycles. The number of amides is 2. The molecule has 2 aliphatic rings. The molecule has 2 aromatic heterocycles. The average molecular weight is 329 g/mol. The summed E-state index contributed by atoms with van der Waals surface area (Å²) in [7, 11) is 0. The molecule has 4 heterocycles. The Kier molecular flexibility index (Phi) is 4.12. The van der Waals surface area contributed by atoms with Crippen molar-refractivity contribution in [3.8, 4) is 11.5 Å². The van der Waals surface area contributed by atoms with E-state index in [1.54, 1.807) is 6.20 Å². The summed E-state index contributed by atoms with van der Waals surface area (Å²) in [4.78, 5) is 25.1. The molecule has 1 atom stereocenters. The van der Waals surface area contributed by atoms with Gasteiger partial charge in [-0.3, -0.25) is 4.98 Å². The van der Waals surface area contributed by atoms with Crippen LogP contribution in [-0.4, -0.2) is 63.8 Å². The number of carbonyl (C=O) groups excluding carboxylic acids is 1. The normalized spacial score (nSPS) is 21.2. The standard InChI is InChI=1S/C16H19N5O3/c22-16(20-8-10-23-11-9-20)21-7-3-5-13(21)15-18-14(19-24-15)12-4-1-2-6-17-12/h1-2,4,6,13H,3,5,7-11H2/t13-/m1/s1. The minimum absolute atomic E-state index is 0.0263. The maximum absolute atomic E-state index is 12.8. The summed E-state index contributed by atoms with van der Waals surface area (Å²) in [5.41, 5.74) is 0.663.